The molecule has 2 heterocycles. The average Bonchev–Trinajstić information content (AvgIpc) is 2.80. The van der Waals surface area contributed by atoms with E-state index in [1.165, 1.54) is 22.5 Å². The Morgan fingerprint density at radius 1 is 1.21 bits per heavy atom. The van der Waals surface area contributed by atoms with E-state index in [4.69, 9.17) is 10.2 Å². The third-order valence-electron chi connectivity index (χ3n) is 3.60. The van der Waals surface area contributed by atoms with Gasteiger partial charge in [-0.3, -0.25) is 0 Å². The number of nitrogens with two attached hydrogens (primary N) is 1. The van der Waals surface area contributed by atoms with Crippen LogP contribution in [0.15, 0.2) is 26.7 Å². The van der Waals surface area contributed by atoms with Crippen LogP contribution in [0, 0.1) is 0 Å². The van der Waals surface area contributed by atoms with Crippen LogP contribution in [-0.4, -0.2) is 0 Å². The van der Waals surface area contributed by atoms with Crippen molar-refractivity contribution in [2.24, 2.45) is 0 Å². The minimum absolute atomic E-state index is 0.340. The standard InChI is InChI=1S/C15H15NO2S/c1-3-8-5-6-11-12(9(8)4-2)10-7-19-14(16)13(10)15(17)18-11/h5-7H,3-4,16H2,1-2H3. The van der Waals surface area contributed by atoms with Crippen LogP contribution >= 0.6 is 11.3 Å². The van der Waals surface area contributed by atoms with Crippen molar-refractivity contribution in [1.29, 1.82) is 0 Å². The predicted molar refractivity (Wildman–Crippen MR) is 81.0 cm³/mol. The zero-order valence-electron chi connectivity index (χ0n) is 10.9. The lowest BCUT2D eigenvalue weighted by molar-refractivity contribution is 0.569. The van der Waals surface area contributed by atoms with E-state index in [0.29, 0.717) is 16.0 Å². The molecule has 0 bridgehead atoms. The lowest BCUT2D eigenvalue weighted by Crippen LogP contribution is -2.02. The molecule has 0 radical (unpaired) electrons. The van der Waals surface area contributed by atoms with Crippen molar-refractivity contribution >= 4 is 38.1 Å². The predicted octanol–water partition coefficient (Wildman–Crippen LogP) is 3.71. The normalized spacial score (nSPS) is 11.5. The van der Waals surface area contributed by atoms with Gasteiger partial charge in [0, 0.05) is 16.2 Å². The van der Waals surface area contributed by atoms with Crippen molar-refractivity contribution < 1.29 is 4.42 Å². The van der Waals surface area contributed by atoms with Crippen molar-refractivity contribution in [3.05, 3.63) is 39.1 Å². The van der Waals surface area contributed by atoms with Crippen molar-refractivity contribution in [3.8, 4) is 0 Å². The van der Waals surface area contributed by atoms with Crippen LogP contribution in [0.1, 0.15) is 25.0 Å². The first-order chi connectivity index (χ1) is 9.17. The second kappa shape index (κ2) is 4.38. The van der Waals surface area contributed by atoms with Crippen LogP contribution in [0.25, 0.3) is 21.7 Å². The van der Waals surface area contributed by atoms with Crippen LogP contribution in [0.2, 0.25) is 0 Å². The van der Waals surface area contributed by atoms with Crippen LogP contribution < -0.4 is 11.4 Å². The summed E-state index contributed by atoms with van der Waals surface area (Å²) in [5.74, 6) is 0. The quantitative estimate of drug-likeness (QED) is 0.724. The van der Waals surface area contributed by atoms with Gasteiger partial charge >= 0.3 is 5.63 Å². The van der Waals surface area contributed by atoms with Gasteiger partial charge in [0.1, 0.15) is 16.0 Å². The van der Waals surface area contributed by atoms with E-state index < -0.39 is 0 Å². The molecule has 2 aromatic heterocycles. The zero-order valence-corrected chi connectivity index (χ0v) is 11.8. The monoisotopic (exact) mass is 273 g/mol. The summed E-state index contributed by atoms with van der Waals surface area (Å²) in [6, 6.07) is 3.94. The molecule has 1 aromatic carbocycles. The number of hydrogen-bond acceptors (Lipinski definition) is 4. The molecule has 0 fully saturated rings. The van der Waals surface area contributed by atoms with Gasteiger partial charge in [0.05, 0.1) is 0 Å². The Balaban J connectivity index is 2.61. The molecule has 98 valence electrons. The number of thiophene rings is 1. The van der Waals surface area contributed by atoms with Gasteiger partial charge in [-0.2, -0.15) is 0 Å². The highest BCUT2D eigenvalue weighted by molar-refractivity contribution is 7.16. The van der Waals surface area contributed by atoms with E-state index in [0.717, 1.165) is 23.6 Å². The third-order valence-corrected chi connectivity index (χ3v) is 4.41. The smallest absolute Gasteiger partial charge is 0.347 e. The largest absolute Gasteiger partial charge is 0.422 e. The molecule has 2 N–H and O–H groups in total. The van der Waals surface area contributed by atoms with E-state index in [1.807, 2.05) is 17.5 Å². The summed E-state index contributed by atoms with van der Waals surface area (Å²) in [5.41, 5.74) is 8.76. The van der Waals surface area contributed by atoms with Gasteiger partial charge in [0.15, 0.2) is 0 Å². The summed E-state index contributed by atoms with van der Waals surface area (Å²) in [5, 5.41) is 5.00. The molecule has 0 spiro atoms. The highest BCUT2D eigenvalue weighted by Crippen LogP contribution is 2.34. The lowest BCUT2D eigenvalue weighted by Gasteiger charge is -2.10. The maximum Gasteiger partial charge on any atom is 0.347 e. The summed E-state index contributed by atoms with van der Waals surface area (Å²) in [6.07, 6.45) is 1.89. The number of rotatable bonds is 2. The number of aryl methyl sites for hydroxylation is 2. The van der Waals surface area contributed by atoms with Gasteiger partial charge in [-0.1, -0.05) is 19.9 Å². The summed E-state index contributed by atoms with van der Waals surface area (Å²) in [6.45, 7) is 4.26. The molecule has 0 aliphatic rings. The van der Waals surface area contributed by atoms with Gasteiger partial charge in [-0.15, -0.1) is 11.3 Å². The second-order valence-electron chi connectivity index (χ2n) is 4.56. The topological polar surface area (TPSA) is 56.2 Å². The Bertz CT molecular complexity index is 829. The number of anilines is 1. The average molecular weight is 273 g/mol. The Labute approximate surface area is 114 Å². The van der Waals surface area contributed by atoms with Gasteiger partial charge < -0.3 is 10.2 Å². The van der Waals surface area contributed by atoms with E-state index >= 15 is 0 Å². The Hall–Kier alpha value is -1.81. The zero-order chi connectivity index (χ0) is 13.6. The minimum atomic E-state index is -0.340. The Morgan fingerprint density at radius 2 is 2.00 bits per heavy atom. The fraction of sp³-hybridized carbons (Fsp3) is 0.267. The van der Waals surface area contributed by atoms with Gasteiger partial charge in [0.2, 0.25) is 0 Å². The number of benzene rings is 1. The maximum absolute atomic E-state index is 12.0. The van der Waals surface area contributed by atoms with Crippen LogP contribution in [0.4, 0.5) is 5.00 Å². The summed E-state index contributed by atoms with van der Waals surface area (Å²) >= 11 is 1.40. The molecule has 0 atom stereocenters. The first-order valence-corrected chi connectivity index (χ1v) is 7.29. The molecule has 0 amide bonds. The molecule has 3 aromatic rings. The molecule has 19 heavy (non-hydrogen) atoms. The minimum Gasteiger partial charge on any atom is -0.422 e. The Kier molecular flexibility index (Phi) is 2.82. The maximum atomic E-state index is 12.0. The molecule has 4 heteroatoms. The number of hydrogen-bond donors (Lipinski definition) is 1. The summed E-state index contributed by atoms with van der Waals surface area (Å²) in [4.78, 5) is 12.0. The molecule has 0 saturated carbocycles. The van der Waals surface area contributed by atoms with Crippen molar-refractivity contribution in [2.45, 2.75) is 26.7 Å². The van der Waals surface area contributed by atoms with Crippen molar-refractivity contribution in [2.75, 3.05) is 5.73 Å². The highest BCUT2D eigenvalue weighted by Gasteiger charge is 2.15. The van der Waals surface area contributed by atoms with Crippen LogP contribution in [0.3, 0.4) is 0 Å². The van der Waals surface area contributed by atoms with Gasteiger partial charge in [-0.05, 0) is 30.0 Å². The Morgan fingerprint density at radius 3 is 2.68 bits per heavy atom. The first kappa shape index (κ1) is 12.2. The fourth-order valence-corrected chi connectivity index (χ4v) is 3.49. The summed E-state index contributed by atoms with van der Waals surface area (Å²) < 4.78 is 5.43. The van der Waals surface area contributed by atoms with Gasteiger partial charge in [-0.25, -0.2) is 4.79 Å². The number of nitrogen functional groups attached to an aromatic ring is 1. The third kappa shape index (κ3) is 1.67. The molecule has 3 nitrogen and oxygen atoms in total. The van der Waals surface area contributed by atoms with Crippen molar-refractivity contribution in [3.63, 3.8) is 0 Å². The lowest BCUT2D eigenvalue weighted by atomic mass is 9.96. The van der Waals surface area contributed by atoms with Crippen molar-refractivity contribution in [1.82, 2.24) is 0 Å². The molecule has 0 saturated heterocycles. The SMILES string of the molecule is CCc1ccc2oc(=O)c3c(N)scc3c2c1CC. The summed E-state index contributed by atoms with van der Waals surface area (Å²) in [7, 11) is 0. The van der Waals surface area contributed by atoms with Gasteiger partial charge in [0.25, 0.3) is 0 Å². The fourth-order valence-electron chi connectivity index (χ4n) is 2.70. The first-order valence-electron chi connectivity index (χ1n) is 6.41. The highest BCUT2D eigenvalue weighted by atomic mass is 32.1. The molecule has 3 rings (SSSR count). The van der Waals surface area contributed by atoms with Crippen LogP contribution in [-0.2, 0) is 12.8 Å². The molecule has 0 aliphatic heterocycles. The van der Waals surface area contributed by atoms with E-state index in [2.05, 4.69) is 13.8 Å². The molecular weight excluding hydrogens is 258 g/mol. The number of fused-ring (bicyclic) bond motifs is 3. The molecular formula is C15H15NO2S. The van der Waals surface area contributed by atoms with E-state index in [9.17, 15) is 4.79 Å². The van der Waals surface area contributed by atoms with E-state index in [-0.39, 0.29) is 5.63 Å². The molecule has 0 unspecified atom stereocenters. The van der Waals surface area contributed by atoms with Crippen LogP contribution in [0.5, 0.6) is 0 Å². The molecule has 0 aliphatic carbocycles. The van der Waals surface area contributed by atoms with E-state index in [1.54, 1.807) is 0 Å². The second-order valence-corrected chi connectivity index (χ2v) is 5.47.